The van der Waals surface area contributed by atoms with Crippen LogP contribution in [0.4, 0.5) is 0 Å². The smallest absolute Gasteiger partial charge is 0.119 e. The van der Waals surface area contributed by atoms with Crippen molar-refractivity contribution in [2.75, 3.05) is 13.2 Å². The molecule has 0 aliphatic carbocycles. The maximum atomic E-state index is 5.76. The summed E-state index contributed by atoms with van der Waals surface area (Å²) in [5, 5.41) is 0. The molecule has 0 bridgehead atoms. The van der Waals surface area contributed by atoms with E-state index in [-0.39, 0.29) is 0 Å². The van der Waals surface area contributed by atoms with Gasteiger partial charge in [-0.1, -0.05) is 22.0 Å². The summed E-state index contributed by atoms with van der Waals surface area (Å²) in [6.07, 6.45) is 5.35. The van der Waals surface area contributed by atoms with Gasteiger partial charge < -0.3 is 10.5 Å². The molecule has 2 N–H and O–H groups in total. The lowest BCUT2D eigenvalue weighted by molar-refractivity contribution is 0.321. The number of nitrogens with zero attached hydrogens (tertiary/aromatic N) is 1. The number of hydrogen-bond acceptors (Lipinski definition) is 3. The van der Waals surface area contributed by atoms with Crippen LogP contribution in [0.5, 0.6) is 5.75 Å². The van der Waals surface area contributed by atoms with Gasteiger partial charge in [-0.2, -0.15) is 0 Å². The van der Waals surface area contributed by atoms with Crippen LogP contribution in [-0.4, -0.2) is 18.1 Å². The second-order valence-electron chi connectivity index (χ2n) is 4.25. The number of aromatic nitrogens is 1. The molecule has 100 valence electrons. The summed E-state index contributed by atoms with van der Waals surface area (Å²) in [6.45, 7) is 1.28. The van der Waals surface area contributed by atoms with Crippen LogP contribution in [0.15, 0.2) is 47.2 Å². The van der Waals surface area contributed by atoms with Gasteiger partial charge in [0.1, 0.15) is 5.75 Å². The lowest BCUT2D eigenvalue weighted by Gasteiger charge is -2.09. The molecule has 0 saturated carbocycles. The number of benzene rings is 1. The van der Waals surface area contributed by atoms with E-state index in [1.165, 1.54) is 11.1 Å². The molecule has 0 radical (unpaired) electrons. The Morgan fingerprint density at radius 2 is 2.11 bits per heavy atom. The highest BCUT2D eigenvalue weighted by Gasteiger charge is 2.02. The number of pyridine rings is 1. The summed E-state index contributed by atoms with van der Waals surface area (Å²) in [6, 6.07) is 10.0. The standard InChI is InChI=1S/C15H17BrN2O/c16-15-4-3-14(10-13(15)5-7-17)19-9-6-12-2-1-8-18-11-12/h1-4,8,10-11H,5-7,9,17H2. The van der Waals surface area contributed by atoms with E-state index in [1.807, 2.05) is 30.5 Å². The zero-order valence-corrected chi connectivity index (χ0v) is 12.3. The Hall–Kier alpha value is -1.39. The number of halogens is 1. The summed E-state index contributed by atoms with van der Waals surface area (Å²) in [5.74, 6) is 0.885. The topological polar surface area (TPSA) is 48.1 Å². The van der Waals surface area contributed by atoms with Crippen molar-refractivity contribution < 1.29 is 4.74 Å². The minimum absolute atomic E-state index is 0.637. The van der Waals surface area contributed by atoms with Gasteiger partial charge in [-0.05, 0) is 48.4 Å². The summed E-state index contributed by atoms with van der Waals surface area (Å²) in [5.41, 5.74) is 7.95. The van der Waals surface area contributed by atoms with Gasteiger partial charge in [-0.3, -0.25) is 4.98 Å². The van der Waals surface area contributed by atoms with Crippen LogP contribution in [0, 0.1) is 0 Å². The molecule has 0 saturated heterocycles. The maximum Gasteiger partial charge on any atom is 0.119 e. The highest BCUT2D eigenvalue weighted by molar-refractivity contribution is 9.10. The molecule has 0 fully saturated rings. The molecule has 2 rings (SSSR count). The highest BCUT2D eigenvalue weighted by Crippen LogP contribution is 2.23. The minimum Gasteiger partial charge on any atom is -0.493 e. The Labute approximate surface area is 121 Å². The Kier molecular flexibility index (Phi) is 5.36. The monoisotopic (exact) mass is 320 g/mol. The third kappa shape index (κ3) is 4.33. The SMILES string of the molecule is NCCc1cc(OCCc2cccnc2)ccc1Br. The van der Waals surface area contributed by atoms with Crippen molar-refractivity contribution in [3.63, 3.8) is 0 Å². The first-order chi connectivity index (χ1) is 9.29. The van der Waals surface area contributed by atoms with Crippen molar-refractivity contribution in [2.24, 2.45) is 5.73 Å². The number of nitrogens with two attached hydrogens (primary N) is 1. The number of hydrogen-bond donors (Lipinski definition) is 1. The van der Waals surface area contributed by atoms with E-state index in [0.29, 0.717) is 13.2 Å². The fraction of sp³-hybridized carbons (Fsp3) is 0.267. The second-order valence-corrected chi connectivity index (χ2v) is 5.11. The molecule has 0 spiro atoms. The fourth-order valence-corrected chi connectivity index (χ4v) is 2.27. The van der Waals surface area contributed by atoms with Gasteiger partial charge in [0.05, 0.1) is 6.61 Å². The molecular weight excluding hydrogens is 304 g/mol. The predicted molar refractivity (Wildman–Crippen MR) is 80.3 cm³/mol. The maximum absolute atomic E-state index is 5.76. The van der Waals surface area contributed by atoms with Crippen molar-refractivity contribution >= 4 is 15.9 Å². The molecule has 0 unspecified atom stereocenters. The molecule has 1 heterocycles. The Balaban J connectivity index is 1.91. The Bertz CT molecular complexity index is 517. The third-order valence-electron chi connectivity index (χ3n) is 2.81. The van der Waals surface area contributed by atoms with Gasteiger partial charge in [0.25, 0.3) is 0 Å². The van der Waals surface area contributed by atoms with Gasteiger partial charge >= 0.3 is 0 Å². The van der Waals surface area contributed by atoms with E-state index in [1.54, 1.807) is 6.20 Å². The molecule has 2 aromatic rings. The quantitative estimate of drug-likeness (QED) is 0.890. The molecule has 3 nitrogen and oxygen atoms in total. The van der Waals surface area contributed by atoms with E-state index in [9.17, 15) is 0 Å². The molecule has 1 aromatic heterocycles. The number of ether oxygens (including phenoxy) is 1. The van der Waals surface area contributed by atoms with Crippen LogP contribution in [0.3, 0.4) is 0 Å². The molecule has 19 heavy (non-hydrogen) atoms. The normalized spacial score (nSPS) is 10.4. The first kappa shape index (κ1) is 14.0. The van der Waals surface area contributed by atoms with Gasteiger partial charge in [0, 0.05) is 23.3 Å². The average Bonchev–Trinajstić information content (AvgIpc) is 2.44. The predicted octanol–water partition coefficient (Wildman–Crippen LogP) is 2.97. The van der Waals surface area contributed by atoms with Gasteiger partial charge in [-0.25, -0.2) is 0 Å². The first-order valence-electron chi connectivity index (χ1n) is 6.30. The van der Waals surface area contributed by atoms with Gasteiger partial charge in [0.15, 0.2) is 0 Å². The van der Waals surface area contributed by atoms with E-state index in [0.717, 1.165) is 23.1 Å². The van der Waals surface area contributed by atoms with E-state index in [4.69, 9.17) is 10.5 Å². The lowest BCUT2D eigenvalue weighted by atomic mass is 10.1. The van der Waals surface area contributed by atoms with Crippen molar-refractivity contribution in [3.8, 4) is 5.75 Å². The molecule has 0 amide bonds. The third-order valence-corrected chi connectivity index (χ3v) is 3.59. The summed E-state index contributed by atoms with van der Waals surface area (Å²) < 4.78 is 6.84. The lowest BCUT2D eigenvalue weighted by Crippen LogP contribution is -2.05. The molecule has 0 aliphatic heterocycles. The zero-order chi connectivity index (χ0) is 13.5. The molecule has 0 aliphatic rings. The zero-order valence-electron chi connectivity index (χ0n) is 10.7. The Morgan fingerprint density at radius 3 is 2.84 bits per heavy atom. The second kappa shape index (κ2) is 7.26. The number of rotatable bonds is 6. The van der Waals surface area contributed by atoms with Crippen molar-refractivity contribution in [1.82, 2.24) is 4.98 Å². The van der Waals surface area contributed by atoms with Crippen LogP contribution >= 0.6 is 15.9 Å². The fourth-order valence-electron chi connectivity index (χ4n) is 1.82. The summed E-state index contributed by atoms with van der Waals surface area (Å²) >= 11 is 3.52. The first-order valence-corrected chi connectivity index (χ1v) is 7.09. The van der Waals surface area contributed by atoms with E-state index >= 15 is 0 Å². The minimum atomic E-state index is 0.637. The van der Waals surface area contributed by atoms with Crippen molar-refractivity contribution in [2.45, 2.75) is 12.8 Å². The summed E-state index contributed by atoms with van der Waals surface area (Å²) in [4.78, 5) is 4.08. The Morgan fingerprint density at radius 1 is 1.21 bits per heavy atom. The average molecular weight is 321 g/mol. The van der Waals surface area contributed by atoms with E-state index < -0.39 is 0 Å². The van der Waals surface area contributed by atoms with Crippen LogP contribution in [0.1, 0.15) is 11.1 Å². The molecule has 4 heteroatoms. The molecule has 0 atom stereocenters. The molecular formula is C15H17BrN2O. The largest absolute Gasteiger partial charge is 0.493 e. The van der Waals surface area contributed by atoms with Crippen molar-refractivity contribution in [3.05, 3.63) is 58.3 Å². The van der Waals surface area contributed by atoms with Crippen LogP contribution in [-0.2, 0) is 12.8 Å². The van der Waals surface area contributed by atoms with Crippen LogP contribution in [0.25, 0.3) is 0 Å². The van der Waals surface area contributed by atoms with Crippen molar-refractivity contribution in [1.29, 1.82) is 0 Å². The summed E-state index contributed by atoms with van der Waals surface area (Å²) in [7, 11) is 0. The highest BCUT2D eigenvalue weighted by atomic mass is 79.9. The van der Waals surface area contributed by atoms with Crippen LogP contribution < -0.4 is 10.5 Å². The molecule has 1 aromatic carbocycles. The van der Waals surface area contributed by atoms with E-state index in [2.05, 4.69) is 27.0 Å². The van der Waals surface area contributed by atoms with Crippen LogP contribution in [0.2, 0.25) is 0 Å². The van der Waals surface area contributed by atoms with Gasteiger partial charge in [-0.15, -0.1) is 0 Å². The van der Waals surface area contributed by atoms with Gasteiger partial charge in [0.2, 0.25) is 0 Å².